The van der Waals surface area contributed by atoms with E-state index in [0.717, 1.165) is 5.69 Å². The first-order valence-electron chi connectivity index (χ1n) is 5.58. The van der Waals surface area contributed by atoms with Gasteiger partial charge in [0.15, 0.2) is 5.13 Å². The van der Waals surface area contributed by atoms with E-state index in [1.165, 1.54) is 11.3 Å². The Bertz CT molecular complexity index is 548. The highest BCUT2D eigenvalue weighted by Crippen LogP contribution is 2.22. The van der Waals surface area contributed by atoms with Crippen LogP contribution in [0.4, 0.5) is 5.13 Å². The van der Waals surface area contributed by atoms with E-state index < -0.39 is 0 Å². The molecule has 0 atom stereocenters. The molecule has 0 unspecified atom stereocenters. The predicted molar refractivity (Wildman–Crippen MR) is 75.6 cm³/mol. The Morgan fingerprint density at radius 3 is 2.56 bits per heavy atom. The van der Waals surface area contributed by atoms with Crippen molar-refractivity contribution in [3.63, 3.8) is 0 Å². The molecule has 0 aliphatic rings. The number of amides is 1. The van der Waals surface area contributed by atoms with Gasteiger partial charge in [0.05, 0.1) is 5.69 Å². The molecule has 0 fully saturated rings. The topological polar surface area (TPSA) is 42.0 Å². The highest BCUT2D eigenvalue weighted by molar-refractivity contribution is 7.14. The average molecular weight is 281 g/mol. The molecule has 0 radical (unpaired) electrons. The van der Waals surface area contributed by atoms with Crippen molar-refractivity contribution in [2.24, 2.45) is 0 Å². The summed E-state index contributed by atoms with van der Waals surface area (Å²) in [6, 6.07) is 6.76. The number of nitrogens with one attached hydrogen (secondary N) is 1. The van der Waals surface area contributed by atoms with Crippen LogP contribution in [0.1, 0.15) is 35.8 Å². The number of benzene rings is 1. The minimum atomic E-state index is -0.170. The van der Waals surface area contributed by atoms with Gasteiger partial charge in [-0.25, -0.2) is 4.98 Å². The molecular formula is C13H13ClN2OS. The second-order valence-corrected chi connectivity index (χ2v) is 5.49. The van der Waals surface area contributed by atoms with Crippen molar-refractivity contribution in [2.45, 2.75) is 19.8 Å². The molecule has 2 aromatic rings. The number of halogens is 1. The molecule has 5 heteroatoms. The standard InChI is InChI=1S/C13H13ClN2OS/c1-8(2)11-7-18-13(15-11)16-12(17)9-3-5-10(14)6-4-9/h3-8H,1-2H3,(H,15,16,17). The van der Waals surface area contributed by atoms with E-state index in [1.807, 2.05) is 5.38 Å². The first-order chi connectivity index (χ1) is 8.56. The van der Waals surface area contributed by atoms with E-state index in [-0.39, 0.29) is 5.91 Å². The molecule has 0 bridgehead atoms. The number of hydrogen-bond donors (Lipinski definition) is 1. The van der Waals surface area contributed by atoms with Gasteiger partial charge in [0.1, 0.15) is 0 Å². The summed E-state index contributed by atoms with van der Waals surface area (Å²) in [5.41, 5.74) is 1.56. The summed E-state index contributed by atoms with van der Waals surface area (Å²) in [4.78, 5) is 16.3. The molecule has 1 amide bonds. The lowest BCUT2D eigenvalue weighted by molar-refractivity contribution is 0.102. The summed E-state index contributed by atoms with van der Waals surface area (Å²) >= 11 is 7.21. The minimum absolute atomic E-state index is 0.170. The van der Waals surface area contributed by atoms with Gasteiger partial charge in [-0.15, -0.1) is 11.3 Å². The minimum Gasteiger partial charge on any atom is -0.298 e. The zero-order valence-corrected chi connectivity index (χ0v) is 11.7. The Morgan fingerprint density at radius 2 is 2.00 bits per heavy atom. The van der Waals surface area contributed by atoms with Crippen LogP contribution in [-0.2, 0) is 0 Å². The van der Waals surface area contributed by atoms with Crippen molar-refractivity contribution in [2.75, 3.05) is 5.32 Å². The van der Waals surface area contributed by atoms with Crippen LogP contribution in [-0.4, -0.2) is 10.9 Å². The lowest BCUT2D eigenvalue weighted by atomic mass is 10.2. The SMILES string of the molecule is CC(C)c1csc(NC(=O)c2ccc(Cl)cc2)n1. The van der Waals surface area contributed by atoms with Gasteiger partial charge >= 0.3 is 0 Å². The maximum atomic E-state index is 11.9. The van der Waals surface area contributed by atoms with Crippen molar-refractivity contribution in [1.82, 2.24) is 4.98 Å². The highest BCUT2D eigenvalue weighted by atomic mass is 35.5. The van der Waals surface area contributed by atoms with Crippen molar-refractivity contribution in [3.05, 3.63) is 45.9 Å². The van der Waals surface area contributed by atoms with Crippen LogP contribution in [0, 0.1) is 0 Å². The number of rotatable bonds is 3. The molecule has 0 aliphatic heterocycles. The van der Waals surface area contributed by atoms with Gasteiger partial charge in [-0.3, -0.25) is 10.1 Å². The van der Waals surface area contributed by atoms with E-state index in [1.54, 1.807) is 24.3 Å². The van der Waals surface area contributed by atoms with Crippen LogP contribution in [0.5, 0.6) is 0 Å². The summed E-state index contributed by atoms with van der Waals surface area (Å²) < 4.78 is 0. The van der Waals surface area contributed by atoms with Crippen LogP contribution >= 0.6 is 22.9 Å². The lowest BCUT2D eigenvalue weighted by Gasteiger charge is -2.02. The smallest absolute Gasteiger partial charge is 0.257 e. The van der Waals surface area contributed by atoms with Crippen LogP contribution < -0.4 is 5.32 Å². The van der Waals surface area contributed by atoms with Gasteiger partial charge < -0.3 is 0 Å². The van der Waals surface area contributed by atoms with Crippen molar-refractivity contribution >= 4 is 34.0 Å². The molecule has 1 N–H and O–H groups in total. The maximum Gasteiger partial charge on any atom is 0.257 e. The number of nitrogens with zero attached hydrogens (tertiary/aromatic N) is 1. The number of hydrogen-bond acceptors (Lipinski definition) is 3. The van der Waals surface area contributed by atoms with E-state index in [4.69, 9.17) is 11.6 Å². The molecule has 0 saturated heterocycles. The first-order valence-corrected chi connectivity index (χ1v) is 6.84. The van der Waals surface area contributed by atoms with E-state index in [0.29, 0.717) is 21.6 Å². The number of thiazole rings is 1. The molecule has 0 saturated carbocycles. The van der Waals surface area contributed by atoms with Gasteiger partial charge in [-0.1, -0.05) is 25.4 Å². The number of aromatic nitrogens is 1. The molecule has 1 aromatic carbocycles. The Balaban J connectivity index is 2.08. The summed E-state index contributed by atoms with van der Waals surface area (Å²) in [6.45, 7) is 4.14. The summed E-state index contributed by atoms with van der Waals surface area (Å²) in [6.07, 6.45) is 0. The highest BCUT2D eigenvalue weighted by Gasteiger charge is 2.10. The fourth-order valence-electron chi connectivity index (χ4n) is 1.38. The molecule has 0 aliphatic carbocycles. The van der Waals surface area contributed by atoms with Gasteiger partial charge in [0.25, 0.3) is 5.91 Å². The third-order valence-electron chi connectivity index (χ3n) is 2.44. The maximum absolute atomic E-state index is 11.9. The normalized spacial score (nSPS) is 10.7. The van der Waals surface area contributed by atoms with Gasteiger partial charge in [0.2, 0.25) is 0 Å². The third kappa shape index (κ3) is 3.09. The van der Waals surface area contributed by atoms with Crippen molar-refractivity contribution < 1.29 is 4.79 Å². The number of anilines is 1. The lowest BCUT2D eigenvalue weighted by Crippen LogP contribution is -2.11. The fourth-order valence-corrected chi connectivity index (χ4v) is 2.37. The Hall–Kier alpha value is -1.39. The quantitative estimate of drug-likeness (QED) is 0.917. The zero-order valence-electron chi connectivity index (χ0n) is 10.1. The summed E-state index contributed by atoms with van der Waals surface area (Å²) in [5.74, 6) is 0.193. The number of carbonyl (C=O) groups excluding carboxylic acids is 1. The van der Waals surface area contributed by atoms with Gasteiger partial charge in [-0.2, -0.15) is 0 Å². The number of carbonyl (C=O) groups is 1. The molecule has 1 aromatic heterocycles. The second kappa shape index (κ2) is 5.50. The van der Waals surface area contributed by atoms with Crippen molar-refractivity contribution in [3.8, 4) is 0 Å². The average Bonchev–Trinajstić information content (AvgIpc) is 2.78. The zero-order chi connectivity index (χ0) is 13.1. The molecule has 18 heavy (non-hydrogen) atoms. The summed E-state index contributed by atoms with van der Waals surface area (Å²) in [5, 5.41) is 5.98. The Labute approximate surface area is 115 Å². The Kier molecular flexibility index (Phi) is 3.99. The molecular weight excluding hydrogens is 268 g/mol. The van der Waals surface area contributed by atoms with Gasteiger partial charge in [0, 0.05) is 16.0 Å². The van der Waals surface area contributed by atoms with E-state index in [2.05, 4.69) is 24.1 Å². The second-order valence-electron chi connectivity index (χ2n) is 4.19. The molecule has 3 nitrogen and oxygen atoms in total. The van der Waals surface area contributed by atoms with E-state index in [9.17, 15) is 4.79 Å². The molecule has 94 valence electrons. The Morgan fingerprint density at radius 1 is 1.33 bits per heavy atom. The van der Waals surface area contributed by atoms with Gasteiger partial charge in [-0.05, 0) is 30.2 Å². The van der Waals surface area contributed by atoms with E-state index >= 15 is 0 Å². The predicted octanol–water partition coefficient (Wildman–Crippen LogP) is 4.17. The summed E-state index contributed by atoms with van der Waals surface area (Å²) in [7, 11) is 0. The molecule has 2 rings (SSSR count). The molecule has 0 spiro atoms. The van der Waals surface area contributed by atoms with Crippen LogP contribution in [0.3, 0.4) is 0 Å². The van der Waals surface area contributed by atoms with Crippen molar-refractivity contribution in [1.29, 1.82) is 0 Å². The van der Waals surface area contributed by atoms with Crippen LogP contribution in [0.25, 0.3) is 0 Å². The monoisotopic (exact) mass is 280 g/mol. The third-order valence-corrected chi connectivity index (χ3v) is 3.47. The fraction of sp³-hybridized carbons (Fsp3) is 0.231. The largest absolute Gasteiger partial charge is 0.298 e. The molecule has 1 heterocycles. The van der Waals surface area contributed by atoms with Crippen LogP contribution in [0.15, 0.2) is 29.6 Å². The van der Waals surface area contributed by atoms with Crippen LogP contribution in [0.2, 0.25) is 5.02 Å². The first kappa shape index (κ1) is 13.1.